The minimum absolute atomic E-state index is 0.366. The van der Waals surface area contributed by atoms with Gasteiger partial charge in [0.15, 0.2) is 0 Å². The van der Waals surface area contributed by atoms with E-state index in [0.29, 0.717) is 0 Å². The van der Waals surface area contributed by atoms with Crippen molar-refractivity contribution >= 4 is 23.5 Å². The molecule has 0 saturated carbocycles. The Labute approximate surface area is 149 Å². The second-order valence-electron chi connectivity index (χ2n) is 7.58. The second-order valence-corrected chi connectivity index (χ2v) is 7.58. The highest BCUT2D eigenvalue weighted by Gasteiger charge is 2.52. The maximum Gasteiger partial charge on any atom is 0.514 e. The lowest BCUT2D eigenvalue weighted by Crippen LogP contribution is -2.41. The van der Waals surface area contributed by atoms with E-state index in [1.165, 1.54) is 16.3 Å². The van der Waals surface area contributed by atoms with Crippen molar-refractivity contribution in [3.8, 4) is 11.1 Å². The third-order valence-corrected chi connectivity index (χ3v) is 5.38. The topological polar surface area (TPSA) is 31.4 Å². The standard InChI is InChI=1S/C21H22BNO2/c1-20(2)21(3,4)25-22(24-20)19-14-16(12-13-23-19)18-11-7-9-15-8-5-6-10-17(15)18/h5-14H,1-4H3. The number of rotatable bonds is 2. The van der Waals surface area contributed by atoms with Crippen LogP contribution < -0.4 is 5.59 Å². The molecule has 0 spiro atoms. The van der Waals surface area contributed by atoms with Gasteiger partial charge in [0.1, 0.15) is 0 Å². The molecule has 4 rings (SSSR count). The molecule has 0 N–H and O–H groups in total. The van der Waals surface area contributed by atoms with Gasteiger partial charge in [-0.15, -0.1) is 0 Å². The molecular weight excluding hydrogens is 309 g/mol. The van der Waals surface area contributed by atoms with Crippen LogP contribution in [0.1, 0.15) is 27.7 Å². The fraction of sp³-hybridized carbons (Fsp3) is 0.286. The van der Waals surface area contributed by atoms with Crippen LogP contribution >= 0.6 is 0 Å². The van der Waals surface area contributed by atoms with E-state index in [4.69, 9.17) is 9.31 Å². The van der Waals surface area contributed by atoms with Gasteiger partial charge in [-0.1, -0.05) is 42.5 Å². The molecule has 0 radical (unpaired) electrons. The Morgan fingerprint density at radius 1 is 0.840 bits per heavy atom. The molecule has 1 aliphatic heterocycles. The lowest BCUT2D eigenvalue weighted by Gasteiger charge is -2.32. The molecule has 1 saturated heterocycles. The Kier molecular flexibility index (Phi) is 3.71. The second kappa shape index (κ2) is 5.68. The molecule has 25 heavy (non-hydrogen) atoms. The van der Waals surface area contributed by atoms with Crippen molar-refractivity contribution in [2.45, 2.75) is 38.9 Å². The number of benzene rings is 2. The summed E-state index contributed by atoms with van der Waals surface area (Å²) in [5.74, 6) is 0. The lowest BCUT2D eigenvalue weighted by atomic mass is 9.82. The van der Waals surface area contributed by atoms with Crippen LogP contribution in [-0.4, -0.2) is 23.3 Å². The number of aromatic nitrogens is 1. The van der Waals surface area contributed by atoms with Gasteiger partial charge >= 0.3 is 7.12 Å². The molecule has 3 aromatic rings. The molecule has 0 bridgehead atoms. The fourth-order valence-electron chi connectivity index (χ4n) is 3.19. The van der Waals surface area contributed by atoms with Crippen molar-refractivity contribution in [1.82, 2.24) is 4.98 Å². The van der Waals surface area contributed by atoms with E-state index in [0.717, 1.165) is 11.2 Å². The summed E-state index contributed by atoms with van der Waals surface area (Å²) < 4.78 is 12.3. The van der Waals surface area contributed by atoms with Gasteiger partial charge in [0.25, 0.3) is 0 Å². The summed E-state index contributed by atoms with van der Waals surface area (Å²) >= 11 is 0. The van der Waals surface area contributed by atoms with E-state index >= 15 is 0 Å². The summed E-state index contributed by atoms with van der Waals surface area (Å²) in [6, 6.07) is 18.9. The van der Waals surface area contributed by atoms with Crippen LogP contribution in [0.3, 0.4) is 0 Å². The van der Waals surface area contributed by atoms with Crippen molar-refractivity contribution < 1.29 is 9.31 Å². The predicted octanol–water partition coefficient (Wildman–Crippen LogP) is 4.20. The highest BCUT2D eigenvalue weighted by Crippen LogP contribution is 2.36. The van der Waals surface area contributed by atoms with Crippen molar-refractivity contribution in [1.29, 1.82) is 0 Å². The van der Waals surface area contributed by atoms with E-state index < -0.39 is 7.12 Å². The van der Waals surface area contributed by atoms with Gasteiger partial charge in [-0.3, -0.25) is 4.98 Å². The Balaban J connectivity index is 1.76. The van der Waals surface area contributed by atoms with Crippen LogP contribution in [0.2, 0.25) is 0 Å². The Hall–Kier alpha value is -2.17. The molecule has 2 aromatic carbocycles. The summed E-state index contributed by atoms with van der Waals surface area (Å²) in [6.07, 6.45) is 1.83. The summed E-state index contributed by atoms with van der Waals surface area (Å²) in [5.41, 5.74) is 2.39. The molecule has 1 fully saturated rings. The lowest BCUT2D eigenvalue weighted by molar-refractivity contribution is 0.00578. The molecule has 0 atom stereocenters. The Bertz CT molecular complexity index is 915. The zero-order chi connectivity index (χ0) is 17.7. The van der Waals surface area contributed by atoms with Gasteiger partial charge in [-0.25, -0.2) is 0 Å². The number of hydrogen-bond acceptors (Lipinski definition) is 3. The van der Waals surface area contributed by atoms with E-state index in [-0.39, 0.29) is 11.2 Å². The molecule has 1 aliphatic rings. The molecule has 126 valence electrons. The monoisotopic (exact) mass is 331 g/mol. The van der Waals surface area contributed by atoms with Crippen molar-refractivity contribution in [2.24, 2.45) is 0 Å². The van der Waals surface area contributed by atoms with E-state index in [2.05, 4.69) is 81.2 Å². The third-order valence-electron chi connectivity index (χ3n) is 5.38. The van der Waals surface area contributed by atoms with Gasteiger partial charge in [0, 0.05) is 6.20 Å². The molecule has 0 amide bonds. The molecule has 2 heterocycles. The molecule has 4 heteroatoms. The van der Waals surface area contributed by atoms with Crippen LogP contribution in [0.15, 0.2) is 60.8 Å². The average molecular weight is 331 g/mol. The zero-order valence-corrected chi connectivity index (χ0v) is 15.1. The summed E-state index contributed by atoms with van der Waals surface area (Å²) in [4.78, 5) is 4.51. The number of pyridine rings is 1. The molecular formula is C21H22BNO2. The van der Waals surface area contributed by atoms with Gasteiger partial charge < -0.3 is 9.31 Å². The van der Waals surface area contributed by atoms with Gasteiger partial charge in [-0.05, 0) is 61.7 Å². The van der Waals surface area contributed by atoms with Crippen LogP contribution in [0, 0.1) is 0 Å². The highest BCUT2D eigenvalue weighted by molar-refractivity contribution is 6.61. The maximum atomic E-state index is 6.14. The minimum atomic E-state index is -0.445. The smallest absolute Gasteiger partial charge is 0.398 e. The average Bonchev–Trinajstić information content (AvgIpc) is 2.82. The normalized spacial score (nSPS) is 18.6. The molecule has 0 unspecified atom stereocenters. The summed E-state index contributed by atoms with van der Waals surface area (Å²) in [7, 11) is -0.445. The first-order chi connectivity index (χ1) is 11.9. The molecule has 1 aromatic heterocycles. The fourth-order valence-corrected chi connectivity index (χ4v) is 3.19. The zero-order valence-electron chi connectivity index (χ0n) is 15.1. The molecule has 3 nitrogen and oxygen atoms in total. The van der Waals surface area contributed by atoms with Gasteiger partial charge in [0.05, 0.1) is 16.8 Å². The van der Waals surface area contributed by atoms with Crippen LogP contribution in [-0.2, 0) is 9.31 Å². The van der Waals surface area contributed by atoms with E-state index in [1.54, 1.807) is 0 Å². The number of hydrogen-bond donors (Lipinski definition) is 0. The van der Waals surface area contributed by atoms with Gasteiger partial charge in [0.2, 0.25) is 0 Å². The largest absolute Gasteiger partial charge is 0.514 e. The summed E-state index contributed by atoms with van der Waals surface area (Å²) in [6.45, 7) is 8.23. The van der Waals surface area contributed by atoms with Crippen LogP contribution in [0.4, 0.5) is 0 Å². The minimum Gasteiger partial charge on any atom is -0.398 e. The van der Waals surface area contributed by atoms with Gasteiger partial charge in [-0.2, -0.15) is 0 Å². The van der Waals surface area contributed by atoms with Crippen LogP contribution in [0.5, 0.6) is 0 Å². The SMILES string of the molecule is CC1(C)OB(c2cc(-c3cccc4ccccc34)ccn2)OC1(C)C. The number of nitrogens with zero attached hydrogens (tertiary/aromatic N) is 1. The first-order valence-corrected chi connectivity index (χ1v) is 8.67. The van der Waals surface area contributed by atoms with E-state index in [1.807, 2.05) is 12.3 Å². The Morgan fingerprint density at radius 2 is 1.52 bits per heavy atom. The quantitative estimate of drug-likeness (QED) is 0.660. The van der Waals surface area contributed by atoms with Crippen molar-refractivity contribution in [2.75, 3.05) is 0 Å². The van der Waals surface area contributed by atoms with Crippen molar-refractivity contribution in [3.63, 3.8) is 0 Å². The highest BCUT2D eigenvalue weighted by atomic mass is 16.7. The summed E-state index contributed by atoms with van der Waals surface area (Å²) in [5, 5.41) is 2.46. The molecule has 0 aliphatic carbocycles. The maximum absolute atomic E-state index is 6.14. The van der Waals surface area contributed by atoms with Crippen LogP contribution in [0.25, 0.3) is 21.9 Å². The number of fused-ring (bicyclic) bond motifs is 1. The Morgan fingerprint density at radius 3 is 2.28 bits per heavy atom. The predicted molar refractivity (Wildman–Crippen MR) is 103 cm³/mol. The van der Waals surface area contributed by atoms with E-state index in [9.17, 15) is 0 Å². The van der Waals surface area contributed by atoms with Crippen molar-refractivity contribution in [3.05, 3.63) is 60.8 Å². The first kappa shape index (κ1) is 16.3. The first-order valence-electron chi connectivity index (χ1n) is 8.67. The third kappa shape index (κ3) is 2.76.